The second-order valence-corrected chi connectivity index (χ2v) is 7.22. The first-order chi connectivity index (χ1) is 14.5. The normalized spacial score (nSPS) is 15.9. The van der Waals surface area contributed by atoms with E-state index < -0.39 is 24.4 Å². The van der Waals surface area contributed by atoms with Crippen molar-refractivity contribution in [2.75, 3.05) is 24.6 Å². The van der Waals surface area contributed by atoms with E-state index in [2.05, 4.69) is 5.32 Å². The van der Waals surface area contributed by atoms with Gasteiger partial charge in [0.1, 0.15) is 5.82 Å². The van der Waals surface area contributed by atoms with Crippen LogP contribution >= 0.6 is 0 Å². The third-order valence-corrected chi connectivity index (χ3v) is 5.12. The fourth-order valence-corrected chi connectivity index (χ4v) is 3.47. The van der Waals surface area contributed by atoms with Crippen molar-refractivity contribution in [1.29, 1.82) is 0 Å². The van der Waals surface area contributed by atoms with Crippen molar-refractivity contribution >= 4 is 23.5 Å². The summed E-state index contributed by atoms with van der Waals surface area (Å²) in [5.74, 6) is -1.98. The second-order valence-electron chi connectivity index (χ2n) is 7.22. The van der Waals surface area contributed by atoms with Crippen LogP contribution in [0.4, 0.5) is 10.1 Å². The highest BCUT2D eigenvalue weighted by molar-refractivity contribution is 6.00. The number of rotatable bonds is 8. The zero-order valence-corrected chi connectivity index (χ0v) is 16.9. The minimum Gasteiger partial charge on any atom is -0.455 e. The molecule has 1 saturated heterocycles. The van der Waals surface area contributed by atoms with Gasteiger partial charge in [0.2, 0.25) is 5.91 Å². The molecule has 2 aromatic carbocycles. The van der Waals surface area contributed by atoms with E-state index in [1.807, 2.05) is 31.2 Å². The molecule has 30 heavy (non-hydrogen) atoms. The van der Waals surface area contributed by atoms with Gasteiger partial charge in [-0.05, 0) is 42.2 Å². The van der Waals surface area contributed by atoms with Crippen LogP contribution in [0.25, 0.3) is 0 Å². The topological polar surface area (TPSA) is 75.7 Å². The number of hydrogen-bond donors (Lipinski definition) is 1. The zero-order chi connectivity index (χ0) is 21.5. The summed E-state index contributed by atoms with van der Waals surface area (Å²) < 4.78 is 18.0. The number of ether oxygens (including phenoxy) is 1. The van der Waals surface area contributed by atoms with Gasteiger partial charge in [-0.3, -0.25) is 14.4 Å². The molecule has 7 heteroatoms. The predicted octanol–water partition coefficient (Wildman–Crippen LogP) is 2.64. The van der Waals surface area contributed by atoms with E-state index in [0.717, 1.165) is 23.2 Å². The highest BCUT2D eigenvalue weighted by Crippen LogP contribution is 2.29. The van der Waals surface area contributed by atoms with Crippen LogP contribution in [0, 0.1) is 11.7 Å². The Balaban J connectivity index is 1.44. The first-order valence-corrected chi connectivity index (χ1v) is 10.0. The van der Waals surface area contributed by atoms with Crippen LogP contribution in [-0.4, -0.2) is 37.5 Å². The van der Waals surface area contributed by atoms with Gasteiger partial charge >= 0.3 is 5.97 Å². The highest BCUT2D eigenvalue weighted by atomic mass is 19.1. The van der Waals surface area contributed by atoms with E-state index >= 15 is 0 Å². The zero-order valence-electron chi connectivity index (χ0n) is 16.9. The first-order valence-electron chi connectivity index (χ1n) is 10.0. The number of benzene rings is 2. The molecule has 1 atom stereocenters. The van der Waals surface area contributed by atoms with Gasteiger partial charge in [0, 0.05) is 25.2 Å². The van der Waals surface area contributed by atoms with E-state index in [0.29, 0.717) is 13.0 Å². The van der Waals surface area contributed by atoms with Gasteiger partial charge in [-0.25, -0.2) is 4.39 Å². The number of amides is 2. The van der Waals surface area contributed by atoms with Crippen LogP contribution in [0.15, 0.2) is 48.5 Å². The van der Waals surface area contributed by atoms with Crippen molar-refractivity contribution in [3.8, 4) is 0 Å². The number of hydrogen-bond acceptors (Lipinski definition) is 4. The summed E-state index contributed by atoms with van der Waals surface area (Å²) in [5.41, 5.74) is 2.75. The van der Waals surface area contributed by atoms with Crippen molar-refractivity contribution in [3.05, 3.63) is 65.5 Å². The van der Waals surface area contributed by atoms with Gasteiger partial charge < -0.3 is 15.0 Å². The first kappa shape index (κ1) is 21.5. The molecule has 1 N–H and O–H groups in total. The lowest BCUT2D eigenvalue weighted by atomic mass is 10.1. The maximum atomic E-state index is 12.9. The molecule has 2 aromatic rings. The second kappa shape index (κ2) is 10.0. The quantitative estimate of drug-likeness (QED) is 0.677. The van der Waals surface area contributed by atoms with E-state index in [1.54, 1.807) is 17.0 Å². The van der Waals surface area contributed by atoms with Crippen molar-refractivity contribution in [2.45, 2.75) is 26.2 Å². The molecule has 1 heterocycles. The maximum absolute atomic E-state index is 12.9. The Kier molecular flexibility index (Phi) is 7.17. The molecule has 6 nitrogen and oxygen atoms in total. The van der Waals surface area contributed by atoms with E-state index in [-0.39, 0.29) is 24.7 Å². The monoisotopic (exact) mass is 412 g/mol. The Labute approximate surface area is 175 Å². The Hall–Kier alpha value is -3.22. The Bertz CT molecular complexity index is 914. The average Bonchev–Trinajstić information content (AvgIpc) is 3.15. The predicted molar refractivity (Wildman–Crippen MR) is 110 cm³/mol. The molecule has 0 aliphatic carbocycles. The number of anilines is 1. The Morgan fingerprint density at radius 1 is 1.17 bits per heavy atom. The third-order valence-electron chi connectivity index (χ3n) is 5.12. The summed E-state index contributed by atoms with van der Waals surface area (Å²) in [6, 6.07) is 13.7. The van der Waals surface area contributed by atoms with Crippen LogP contribution in [-0.2, 0) is 32.0 Å². The molecule has 158 valence electrons. The fraction of sp³-hybridized carbons (Fsp3) is 0.348. The fourth-order valence-electron chi connectivity index (χ4n) is 3.47. The van der Waals surface area contributed by atoms with Crippen LogP contribution in [0.2, 0.25) is 0 Å². The van der Waals surface area contributed by atoms with Gasteiger partial charge in [0.05, 0.1) is 5.92 Å². The Morgan fingerprint density at radius 3 is 2.63 bits per heavy atom. The number of nitrogens with one attached hydrogen (secondary N) is 1. The van der Waals surface area contributed by atoms with Crippen molar-refractivity contribution in [1.82, 2.24) is 5.32 Å². The molecule has 3 rings (SSSR count). The number of nitrogens with zero attached hydrogens (tertiary/aromatic N) is 1. The minimum atomic E-state index is -0.588. The summed E-state index contributed by atoms with van der Waals surface area (Å²) in [7, 11) is 0. The molecule has 0 unspecified atom stereocenters. The van der Waals surface area contributed by atoms with Gasteiger partial charge in [-0.15, -0.1) is 0 Å². The maximum Gasteiger partial charge on any atom is 0.311 e. The summed E-state index contributed by atoms with van der Waals surface area (Å²) in [4.78, 5) is 38.3. The van der Waals surface area contributed by atoms with E-state index in [1.165, 1.54) is 12.1 Å². The lowest BCUT2D eigenvalue weighted by Gasteiger charge is -2.19. The van der Waals surface area contributed by atoms with Crippen molar-refractivity contribution in [2.24, 2.45) is 5.92 Å². The van der Waals surface area contributed by atoms with Gasteiger partial charge in [-0.1, -0.05) is 37.3 Å². The molecule has 0 saturated carbocycles. The van der Waals surface area contributed by atoms with Gasteiger partial charge in [0.15, 0.2) is 6.61 Å². The molecular weight excluding hydrogens is 387 g/mol. The largest absolute Gasteiger partial charge is 0.455 e. The highest BCUT2D eigenvalue weighted by Gasteiger charge is 2.36. The smallest absolute Gasteiger partial charge is 0.311 e. The standard InChI is InChI=1S/C23H25FN2O4/c1-2-17-5-3-4-6-20(17)26-14-18(13-22(26)28)23(29)30-15-21(27)25-12-11-16-7-9-19(24)10-8-16/h3-10,18H,2,11-15H2,1H3,(H,25,27)/t18-/m1/s1. The molecule has 0 aromatic heterocycles. The molecule has 0 radical (unpaired) electrons. The van der Waals surface area contributed by atoms with E-state index in [4.69, 9.17) is 4.74 Å². The lowest BCUT2D eigenvalue weighted by Crippen LogP contribution is -2.32. The number of esters is 1. The molecule has 0 bridgehead atoms. The SMILES string of the molecule is CCc1ccccc1N1C[C@H](C(=O)OCC(=O)NCCc2ccc(F)cc2)CC1=O. The molecule has 0 spiro atoms. The third kappa shape index (κ3) is 5.43. The molecular formula is C23H25FN2O4. The summed E-state index contributed by atoms with van der Waals surface area (Å²) in [6.07, 6.45) is 1.40. The minimum absolute atomic E-state index is 0.0725. The van der Waals surface area contributed by atoms with Crippen molar-refractivity contribution in [3.63, 3.8) is 0 Å². The summed E-state index contributed by atoms with van der Waals surface area (Å²) in [6.45, 7) is 2.23. The van der Waals surface area contributed by atoms with Gasteiger partial charge in [-0.2, -0.15) is 0 Å². The number of halogens is 1. The van der Waals surface area contributed by atoms with Crippen molar-refractivity contribution < 1.29 is 23.5 Å². The average molecular weight is 412 g/mol. The summed E-state index contributed by atoms with van der Waals surface area (Å²) >= 11 is 0. The van der Waals surface area contributed by atoms with E-state index in [9.17, 15) is 18.8 Å². The lowest BCUT2D eigenvalue weighted by molar-refractivity contribution is -0.152. The number of carbonyl (C=O) groups is 3. The molecule has 1 aliphatic rings. The van der Waals surface area contributed by atoms with Gasteiger partial charge in [0.25, 0.3) is 5.91 Å². The summed E-state index contributed by atoms with van der Waals surface area (Å²) in [5, 5.41) is 2.66. The number of para-hydroxylation sites is 1. The van der Waals surface area contributed by atoms with Crippen LogP contribution in [0.1, 0.15) is 24.5 Å². The molecule has 1 fully saturated rings. The molecule has 1 aliphatic heterocycles. The number of carbonyl (C=O) groups excluding carboxylic acids is 3. The van der Waals surface area contributed by atoms with Crippen LogP contribution < -0.4 is 10.2 Å². The molecule has 2 amide bonds. The number of aryl methyl sites for hydroxylation is 1. The Morgan fingerprint density at radius 2 is 1.90 bits per heavy atom. The van der Waals surface area contributed by atoms with Crippen LogP contribution in [0.3, 0.4) is 0 Å². The van der Waals surface area contributed by atoms with Crippen LogP contribution in [0.5, 0.6) is 0 Å².